The minimum atomic E-state index is -0.834. The van der Waals surface area contributed by atoms with Crippen LogP contribution in [0.5, 0.6) is 5.75 Å². The summed E-state index contributed by atoms with van der Waals surface area (Å²) >= 11 is 2.99. The molecule has 21 heavy (non-hydrogen) atoms. The van der Waals surface area contributed by atoms with Crippen LogP contribution in [0.4, 0.5) is 14.5 Å². The summed E-state index contributed by atoms with van der Waals surface area (Å²) in [6.07, 6.45) is 0.720. The number of fused-ring (bicyclic) bond motifs is 1. The first-order valence-corrected chi connectivity index (χ1v) is 7.05. The molecule has 2 aromatic carbocycles. The number of ether oxygens (including phenoxy) is 1. The highest BCUT2D eigenvalue weighted by molar-refractivity contribution is 9.10. The number of carbonyl (C=O) groups excluding carboxylic acids is 1. The largest absolute Gasteiger partial charge is 0.493 e. The summed E-state index contributed by atoms with van der Waals surface area (Å²) in [7, 11) is 0. The topological polar surface area (TPSA) is 38.3 Å². The van der Waals surface area contributed by atoms with Gasteiger partial charge in [-0.1, -0.05) is 15.9 Å². The molecule has 3 rings (SSSR count). The highest BCUT2D eigenvalue weighted by Crippen LogP contribution is 2.27. The van der Waals surface area contributed by atoms with Crippen LogP contribution >= 0.6 is 15.9 Å². The summed E-state index contributed by atoms with van der Waals surface area (Å²) in [5.41, 5.74) is 0.792. The molecule has 1 heterocycles. The number of halogens is 3. The van der Waals surface area contributed by atoms with Gasteiger partial charge in [-0.15, -0.1) is 0 Å². The Morgan fingerprint density at radius 3 is 2.62 bits per heavy atom. The van der Waals surface area contributed by atoms with Gasteiger partial charge in [0, 0.05) is 16.5 Å². The highest BCUT2D eigenvalue weighted by Gasteiger charge is 2.18. The van der Waals surface area contributed by atoms with Crippen molar-refractivity contribution in [2.24, 2.45) is 0 Å². The molecule has 2 aromatic rings. The van der Waals surface area contributed by atoms with E-state index in [0.29, 0.717) is 12.2 Å². The normalized spacial score (nSPS) is 12.7. The van der Waals surface area contributed by atoms with Crippen molar-refractivity contribution in [2.45, 2.75) is 6.42 Å². The van der Waals surface area contributed by atoms with Gasteiger partial charge >= 0.3 is 0 Å². The maximum Gasteiger partial charge on any atom is 0.255 e. The van der Waals surface area contributed by atoms with Gasteiger partial charge in [-0.2, -0.15) is 0 Å². The fourth-order valence-corrected chi connectivity index (χ4v) is 2.58. The lowest BCUT2D eigenvalue weighted by atomic mass is 10.1. The molecule has 0 bridgehead atoms. The summed E-state index contributed by atoms with van der Waals surface area (Å²) in [6, 6.07) is 7.11. The molecule has 1 N–H and O–H groups in total. The van der Waals surface area contributed by atoms with Gasteiger partial charge in [0.1, 0.15) is 11.4 Å². The minimum absolute atomic E-state index is 0.269. The van der Waals surface area contributed by atoms with Gasteiger partial charge in [0.15, 0.2) is 11.6 Å². The zero-order valence-corrected chi connectivity index (χ0v) is 12.3. The minimum Gasteiger partial charge on any atom is -0.493 e. The highest BCUT2D eigenvalue weighted by atomic mass is 79.9. The molecule has 0 unspecified atom stereocenters. The second-order valence-electron chi connectivity index (χ2n) is 4.62. The van der Waals surface area contributed by atoms with Gasteiger partial charge in [0.05, 0.1) is 6.61 Å². The van der Waals surface area contributed by atoms with Gasteiger partial charge in [0.25, 0.3) is 5.91 Å². The van der Waals surface area contributed by atoms with Crippen LogP contribution in [-0.2, 0) is 6.42 Å². The number of benzene rings is 2. The van der Waals surface area contributed by atoms with Crippen LogP contribution in [0.3, 0.4) is 0 Å². The van der Waals surface area contributed by atoms with E-state index in [1.54, 1.807) is 18.2 Å². The average Bonchev–Trinajstić information content (AvgIpc) is 2.89. The van der Waals surface area contributed by atoms with Gasteiger partial charge in [-0.05, 0) is 35.9 Å². The lowest BCUT2D eigenvalue weighted by molar-refractivity contribution is 0.102. The number of rotatable bonds is 2. The van der Waals surface area contributed by atoms with Crippen LogP contribution in [-0.4, -0.2) is 12.5 Å². The lowest BCUT2D eigenvalue weighted by Crippen LogP contribution is -2.14. The predicted molar refractivity (Wildman–Crippen MR) is 77.7 cm³/mol. The molecule has 0 radical (unpaired) electrons. The standard InChI is InChI=1S/C15H10BrF2NO2/c16-10-6-11(17)14(12(18)7-10)19-15(20)9-1-2-13-8(5-9)3-4-21-13/h1-2,5-7H,3-4H2,(H,19,20). The van der Waals surface area contributed by atoms with Crippen LogP contribution in [0.1, 0.15) is 15.9 Å². The van der Waals surface area contributed by atoms with Gasteiger partial charge in [0.2, 0.25) is 0 Å². The van der Waals surface area contributed by atoms with E-state index in [2.05, 4.69) is 21.2 Å². The Balaban J connectivity index is 1.87. The van der Waals surface area contributed by atoms with E-state index in [-0.39, 0.29) is 4.47 Å². The molecule has 1 aliphatic heterocycles. The molecule has 108 valence electrons. The van der Waals surface area contributed by atoms with Crippen LogP contribution in [0, 0.1) is 11.6 Å². The Morgan fingerprint density at radius 2 is 1.90 bits per heavy atom. The third-order valence-corrected chi connectivity index (χ3v) is 3.65. The van der Waals surface area contributed by atoms with E-state index < -0.39 is 23.2 Å². The quantitative estimate of drug-likeness (QED) is 0.888. The molecular formula is C15H10BrF2NO2. The first-order valence-electron chi connectivity index (χ1n) is 6.26. The van der Waals surface area contributed by atoms with E-state index in [0.717, 1.165) is 29.9 Å². The summed E-state index contributed by atoms with van der Waals surface area (Å²) in [6.45, 7) is 0.580. The maximum absolute atomic E-state index is 13.7. The molecule has 3 nitrogen and oxygen atoms in total. The summed E-state index contributed by atoms with van der Waals surface area (Å²) in [5, 5.41) is 2.26. The number of amides is 1. The van der Waals surface area contributed by atoms with Crippen molar-refractivity contribution in [2.75, 3.05) is 11.9 Å². The summed E-state index contributed by atoms with van der Waals surface area (Å²) < 4.78 is 33.0. The third kappa shape index (κ3) is 2.76. The third-order valence-electron chi connectivity index (χ3n) is 3.20. The van der Waals surface area contributed by atoms with Gasteiger partial charge in [-0.3, -0.25) is 4.79 Å². The second kappa shape index (κ2) is 5.44. The summed E-state index contributed by atoms with van der Waals surface area (Å²) in [4.78, 5) is 12.1. The lowest BCUT2D eigenvalue weighted by Gasteiger charge is -2.09. The van der Waals surface area contributed by atoms with Crippen molar-refractivity contribution >= 4 is 27.5 Å². The first-order chi connectivity index (χ1) is 10.0. The van der Waals surface area contributed by atoms with Crippen molar-refractivity contribution in [3.05, 3.63) is 57.6 Å². The van der Waals surface area contributed by atoms with E-state index in [1.807, 2.05) is 0 Å². The zero-order valence-electron chi connectivity index (χ0n) is 10.8. The summed E-state index contributed by atoms with van der Waals surface area (Å²) in [5.74, 6) is -1.49. The Morgan fingerprint density at radius 1 is 1.19 bits per heavy atom. The van der Waals surface area contributed by atoms with Crippen LogP contribution in [0.25, 0.3) is 0 Å². The van der Waals surface area contributed by atoms with Gasteiger partial charge in [-0.25, -0.2) is 8.78 Å². The van der Waals surface area contributed by atoms with Crippen molar-refractivity contribution in [1.82, 2.24) is 0 Å². The number of hydrogen-bond donors (Lipinski definition) is 1. The van der Waals surface area contributed by atoms with E-state index in [9.17, 15) is 13.6 Å². The van der Waals surface area contributed by atoms with Crippen LogP contribution in [0.2, 0.25) is 0 Å². The number of anilines is 1. The average molecular weight is 354 g/mol. The number of nitrogens with one attached hydrogen (secondary N) is 1. The van der Waals surface area contributed by atoms with Crippen LogP contribution < -0.4 is 10.1 Å². The predicted octanol–water partition coefficient (Wildman–Crippen LogP) is 3.91. The molecule has 0 atom stereocenters. The fraction of sp³-hybridized carbons (Fsp3) is 0.133. The molecule has 0 saturated carbocycles. The fourth-order valence-electron chi connectivity index (χ4n) is 2.18. The van der Waals surface area contributed by atoms with E-state index in [4.69, 9.17) is 4.74 Å². The van der Waals surface area contributed by atoms with E-state index >= 15 is 0 Å². The number of carbonyl (C=O) groups is 1. The Labute approximate surface area is 128 Å². The first kappa shape index (κ1) is 14.0. The molecule has 0 fully saturated rings. The molecule has 6 heteroatoms. The molecular weight excluding hydrogens is 344 g/mol. The van der Waals surface area contributed by atoms with Crippen molar-refractivity contribution in [3.8, 4) is 5.75 Å². The number of hydrogen-bond acceptors (Lipinski definition) is 2. The van der Waals surface area contributed by atoms with Crippen molar-refractivity contribution in [1.29, 1.82) is 0 Å². The van der Waals surface area contributed by atoms with Crippen molar-refractivity contribution < 1.29 is 18.3 Å². The zero-order chi connectivity index (χ0) is 15.0. The van der Waals surface area contributed by atoms with Crippen LogP contribution in [0.15, 0.2) is 34.8 Å². The van der Waals surface area contributed by atoms with E-state index in [1.165, 1.54) is 0 Å². The Bertz CT molecular complexity index is 711. The Kier molecular flexibility index (Phi) is 3.63. The molecule has 0 aliphatic carbocycles. The molecule has 0 saturated heterocycles. The van der Waals surface area contributed by atoms with Crippen molar-refractivity contribution in [3.63, 3.8) is 0 Å². The molecule has 0 spiro atoms. The molecule has 1 aliphatic rings. The second-order valence-corrected chi connectivity index (χ2v) is 5.54. The monoisotopic (exact) mass is 353 g/mol. The molecule has 1 amide bonds. The Hall–Kier alpha value is -1.95. The SMILES string of the molecule is O=C(Nc1c(F)cc(Br)cc1F)c1ccc2c(c1)CCO2. The molecule has 0 aromatic heterocycles. The smallest absolute Gasteiger partial charge is 0.255 e. The van der Waals surface area contributed by atoms with Gasteiger partial charge < -0.3 is 10.1 Å². The maximum atomic E-state index is 13.7.